The van der Waals surface area contributed by atoms with Crippen LogP contribution in [-0.2, 0) is 4.74 Å². The molecule has 0 saturated heterocycles. The van der Waals surface area contributed by atoms with E-state index >= 15 is 0 Å². The van der Waals surface area contributed by atoms with E-state index in [-0.39, 0.29) is 5.82 Å². The number of nitrogens with one attached hydrogen (secondary N) is 2. The lowest BCUT2D eigenvalue weighted by molar-refractivity contribution is 0.146. The third kappa shape index (κ3) is 5.84. The molecular formula is C13H18BrFN2OS. The van der Waals surface area contributed by atoms with Gasteiger partial charge in [0.15, 0.2) is 5.11 Å². The highest BCUT2D eigenvalue weighted by atomic mass is 79.9. The van der Waals surface area contributed by atoms with Crippen LogP contribution in [0.5, 0.6) is 0 Å². The smallest absolute Gasteiger partial charge is 0.170 e. The van der Waals surface area contributed by atoms with Crippen molar-refractivity contribution in [3.8, 4) is 0 Å². The summed E-state index contributed by atoms with van der Waals surface area (Å²) in [6.07, 6.45) is 0.878. The number of thiocarbonyl (C=S) groups is 1. The quantitative estimate of drug-likeness (QED) is 0.607. The van der Waals surface area contributed by atoms with Gasteiger partial charge < -0.3 is 15.4 Å². The van der Waals surface area contributed by atoms with Gasteiger partial charge in [-0.2, -0.15) is 0 Å². The number of anilines is 1. The maximum absolute atomic E-state index is 13.4. The molecule has 0 bridgehead atoms. The van der Waals surface area contributed by atoms with Gasteiger partial charge in [-0.05, 0) is 66.1 Å². The fourth-order valence-corrected chi connectivity index (χ4v) is 2.14. The molecule has 0 unspecified atom stereocenters. The Balaban J connectivity index is 2.42. The van der Waals surface area contributed by atoms with Gasteiger partial charge in [-0.3, -0.25) is 0 Å². The molecule has 0 aliphatic carbocycles. The molecule has 0 amide bonds. The van der Waals surface area contributed by atoms with Crippen LogP contribution in [0.15, 0.2) is 16.6 Å². The zero-order valence-electron chi connectivity index (χ0n) is 11.1. The predicted molar refractivity (Wildman–Crippen MR) is 84.2 cm³/mol. The molecule has 0 radical (unpaired) electrons. The number of hydrogen-bond donors (Lipinski definition) is 2. The summed E-state index contributed by atoms with van der Waals surface area (Å²) in [5, 5.41) is 6.53. The first kappa shape index (κ1) is 16.3. The summed E-state index contributed by atoms with van der Waals surface area (Å²) < 4.78 is 19.1. The average Bonchev–Trinajstić information content (AvgIpc) is 2.35. The Morgan fingerprint density at radius 1 is 1.47 bits per heavy atom. The van der Waals surface area contributed by atoms with Crippen LogP contribution < -0.4 is 10.6 Å². The van der Waals surface area contributed by atoms with Gasteiger partial charge in [0, 0.05) is 25.4 Å². The first-order valence-corrected chi connectivity index (χ1v) is 7.33. The molecule has 106 valence electrons. The van der Waals surface area contributed by atoms with E-state index in [4.69, 9.17) is 17.0 Å². The summed E-state index contributed by atoms with van der Waals surface area (Å²) in [5.41, 5.74) is 1.59. The lowest BCUT2D eigenvalue weighted by Crippen LogP contribution is -2.30. The molecule has 0 saturated carbocycles. The van der Waals surface area contributed by atoms with Gasteiger partial charge in [0.25, 0.3) is 0 Å². The van der Waals surface area contributed by atoms with E-state index in [2.05, 4.69) is 26.6 Å². The Labute approximate surface area is 127 Å². The molecule has 1 aromatic carbocycles. The van der Waals surface area contributed by atoms with E-state index in [1.165, 1.54) is 6.07 Å². The van der Waals surface area contributed by atoms with E-state index in [0.29, 0.717) is 21.9 Å². The third-order valence-electron chi connectivity index (χ3n) is 2.47. The molecule has 0 spiro atoms. The SMILES string of the molecule is CCOCCCNC(=S)Nc1cc(F)c(Br)cc1C. The number of ether oxygens (including phenoxy) is 1. The van der Waals surface area contributed by atoms with Crippen molar-refractivity contribution in [2.24, 2.45) is 0 Å². The van der Waals surface area contributed by atoms with Crippen molar-refractivity contribution in [3.63, 3.8) is 0 Å². The number of benzene rings is 1. The second-order valence-corrected chi connectivity index (χ2v) is 5.28. The molecular weight excluding hydrogens is 331 g/mol. The van der Waals surface area contributed by atoms with Gasteiger partial charge in [0.1, 0.15) is 5.82 Å². The summed E-state index contributed by atoms with van der Waals surface area (Å²) >= 11 is 8.30. The summed E-state index contributed by atoms with van der Waals surface area (Å²) in [5.74, 6) is -0.313. The molecule has 3 nitrogen and oxygen atoms in total. The highest BCUT2D eigenvalue weighted by Gasteiger charge is 2.06. The third-order valence-corrected chi connectivity index (χ3v) is 3.32. The van der Waals surface area contributed by atoms with Gasteiger partial charge in [0.2, 0.25) is 0 Å². The number of hydrogen-bond acceptors (Lipinski definition) is 2. The van der Waals surface area contributed by atoms with Crippen molar-refractivity contribution in [2.45, 2.75) is 20.3 Å². The average molecular weight is 349 g/mol. The predicted octanol–water partition coefficient (Wildman–Crippen LogP) is 3.61. The summed E-state index contributed by atoms with van der Waals surface area (Å²) in [6, 6.07) is 3.14. The topological polar surface area (TPSA) is 33.3 Å². The van der Waals surface area contributed by atoms with Crippen molar-refractivity contribution < 1.29 is 9.13 Å². The van der Waals surface area contributed by atoms with E-state index in [1.807, 2.05) is 13.8 Å². The molecule has 0 heterocycles. The summed E-state index contributed by atoms with van der Waals surface area (Å²) in [6.45, 7) is 6.01. The Kier molecular flexibility index (Phi) is 7.27. The monoisotopic (exact) mass is 348 g/mol. The lowest BCUT2D eigenvalue weighted by atomic mass is 10.2. The van der Waals surface area contributed by atoms with Crippen LogP contribution in [0.1, 0.15) is 18.9 Å². The zero-order chi connectivity index (χ0) is 14.3. The van der Waals surface area contributed by atoms with E-state index in [9.17, 15) is 4.39 Å². The highest BCUT2D eigenvalue weighted by molar-refractivity contribution is 9.10. The first-order valence-electron chi connectivity index (χ1n) is 6.12. The maximum Gasteiger partial charge on any atom is 0.170 e. The zero-order valence-corrected chi connectivity index (χ0v) is 13.5. The van der Waals surface area contributed by atoms with Crippen molar-refractivity contribution in [1.29, 1.82) is 0 Å². The molecule has 0 atom stereocenters. The van der Waals surface area contributed by atoms with Crippen LogP contribution in [0.2, 0.25) is 0 Å². The second kappa shape index (κ2) is 8.45. The Bertz CT molecular complexity index is 443. The van der Waals surface area contributed by atoms with Crippen molar-refractivity contribution >= 4 is 38.9 Å². The summed E-state index contributed by atoms with van der Waals surface area (Å²) in [7, 11) is 0. The van der Waals surface area contributed by atoms with Crippen LogP contribution in [0.4, 0.5) is 10.1 Å². The Hall–Kier alpha value is -0.720. The molecule has 6 heteroatoms. The van der Waals surface area contributed by atoms with Crippen molar-refractivity contribution in [1.82, 2.24) is 5.32 Å². The van der Waals surface area contributed by atoms with Gasteiger partial charge in [0.05, 0.1) is 4.47 Å². The number of aryl methyl sites for hydroxylation is 1. The Morgan fingerprint density at radius 3 is 2.89 bits per heavy atom. The van der Waals surface area contributed by atoms with E-state index < -0.39 is 0 Å². The molecule has 2 N–H and O–H groups in total. The molecule has 1 aromatic rings. The van der Waals surface area contributed by atoms with E-state index in [0.717, 1.165) is 25.1 Å². The minimum absolute atomic E-state index is 0.313. The van der Waals surface area contributed by atoms with Gasteiger partial charge >= 0.3 is 0 Å². The van der Waals surface area contributed by atoms with E-state index in [1.54, 1.807) is 6.07 Å². The molecule has 1 rings (SSSR count). The fraction of sp³-hybridized carbons (Fsp3) is 0.462. The highest BCUT2D eigenvalue weighted by Crippen LogP contribution is 2.23. The van der Waals surface area contributed by atoms with Crippen molar-refractivity contribution in [3.05, 3.63) is 28.0 Å². The van der Waals surface area contributed by atoms with Crippen LogP contribution in [0.25, 0.3) is 0 Å². The van der Waals surface area contributed by atoms with Crippen LogP contribution in [-0.4, -0.2) is 24.9 Å². The largest absolute Gasteiger partial charge is 0.382 e. The maximum atomic E-state index is 13.4. The minimum atomic E-state index is -0.313. The lowest BCUT2D eigenvalue weighted by Gasteiger charge is -2.13. The number of rotatable bonds is 6. The molecule has 0 aliphatic rings. The molecule has 0 aliphatic heterocycles. The number of halogens is 2. The fourth-order valence-electron chi connectivity index (χ4n) is 1.47. The van der Waals surface area contributed by atoms with Crippen LogP contribution in [0.3, 0.4) is 0 Å². The van der Waals surface area contributed by atoms with Gasteiger partial charge in [-0.15, -0.1) is 0 Å². The molecule has 0 fully saturated rings. The van der Waals surface area contributed by atoms with Crippen LogP contribution >= 0.6 is 28.1 Å². The minimum Gasteiger partial charge on any atom is -0.382 e. The van der Waals surface area contributed by atoms with Gasteiger partial charge in [-0.1, -0.05) is 0 Å². The van der Waals surface area contributed by atoms with Crippen molar-refractivity contribution in [2.75, 3.05) is 25.1 Å². The Morgan fingerprint density at radius 2 is 2.21 bits per heavy atom. The second-order valence-electron chi connectivity index (χ2n) is 4.01. The summed E-state index contributed by atoms with van der Waals surface area (Å²) in [4.78, 5) is 0. The van der Waals surface area contributed by atoms with Crippen LogP contribution in [0, 0.1) is 12.7 Å². The molecule has 0 aromatic heterocycles. The first-order chi connectivity index (χ1) is 9.04. The normalized spacial score (nSPS) is 10.3. The standard InChI is InChI=1S/C13H18BrFN2OS/c1-3-18-6-4-5-16-13(19)17-12-8-11(15)10(14)7-9(12)2/h7-8H,3-6H2,1-2H3,(H2,16,17,19). The van der Waals surface area contributed by atoms with Gasteiger partial charge in [-0.25, -0.2) is 4.39 Å². The molecule has 19 heavy (non-hydrogen) atoms.